The van der Waals surface area contributed by atoms with Crippen molar-refractivity contribution in [3.8, 4) is 16.9 Å². The first-order chi connectivity index (χ1) is 11.6. The lowest BCUT2D eigenvalue weighted by molar-refractivity contribution is 0.671. The summed E-state index contributed by atoms with van der Waals surface area (Å²) in [5.74, 6) is 0. The highest BCUT2D eigenvalue weighted by molar-refractivity contribution is 6.40. The number of fused-ring (bicyclic) bond motifs is 1. The predicted molar refractivity (Wildman–Crippen MR) is 101 cm³/mol. The molecule has 0 aliphatic heterocycles. The molecule has 0 fully saturated rings. The van der Waals surface area contributed by atoms with Crippen LogP contribution in [0.25, 0.3) is 16.9 Å². The smallest absolute Gasteiger partial charge is 0.103 e. The van der Waals surface area contributed by atoms with Gasteiger partial charge in [0.1, 0.15) is 5.69 Å². The van der Waals surface area contributed by atoms with Crippen LogP contribution in [0, 0.1) is 0 Å². The first kappa shape index (κ1) is 16.0. The standard InChI is InChI=1S/C19H15Cl3N2/c20-13-10-15(21)19(16(22)11-13)24-18(12-6-2-1-3-7-12)14-8-4-5-9-17(14)23-24/h1-3,6-7,10-11H,4-5,8-9H2. The second-order valence-electron chi connectivity index (χ2n) is 5.98. The maximum atomic E-state index is 6.46. The van der Waals surface area contributed by atoms with Gasteiger partial charge < -0.3 is 0 Å². The van der Waals surface area contributed by atoms with E-state index < -0.39 is 0 Å². The number of hydrogen-bond donors (Lipinski definition) is 0. The van der Waals surface area contributed by atoms with E-state index in [-0.39, 0.29) is 0 Å². The molecule has 0 unspecified atom stereocenters. The zero-order chi connectivity index (χ0) is 16.7. The van der Waals surface area contributed by atoms with E-state index >= 15 is 0 Å². The SMILES string of the molecule is Clc1cc(Cl)c(-n2nc3c(c2-c2ccccc2)CCCC3)c(Cl)c1. The van der Waals surface area contributed by atoms with Crippen LogP contribution in [-0.2, 0) is 12.8 Å². The van der Waals surface area contributed by atoms with Crippen molar-refractivity contribution < 1.29 is 0 Å². The van der Waals surface area contributed by atoms with Crippen molar-refractivity contribution in [3.63, 3.8) is 0 Å². The zero-order valence-electron chi connectivity index (χ0n) is 12.9. The Labute approximate surface area is 156 Å². The molecule has 3 aromatic rings. The van der Waals surface area contributed by atoms with Gasteiger partial charge >= 0.3 is 0 Å². The lowest BCUT2D eigenvalue weighted by atomic mass is 9.93. The van der Waals surface area contributed by atoms with Gasteiger partial charge in [0.05, 0.1) is 21.4 Å². The van der Waals surface area contributed by atoms with E-state index in [1.807, 2.05) is 22.9 Å². The van der Waals surface area contributed by atoms with Crippen molar-refractivity contribution >= 4 is 34.8 Å². The average Bonchev–Trinajstić information content (AvgIpc) is 2.93. The molecule has 1 aliphatic rings. The predicted octanol–water partition coefficient (Wildman–Crippen LogP) is 6.38. The molecule has 0 saturated heterocycles. The third-order valence-corrected chi connectivity index (χ3v) is 5.19. The summed E-state index contributed by atoms with van der Waals surface area (Å²) >= 11 is 19.0. The highest BCUT2D eigenvalue weighted by Gasteiger charge is 2.24. The van der Waals surface area contributed by atoms with E-state index in [2.05, 4.69) is 12.1 Å². The van der Waals surface area contributed by atoms with Gasteiger partial charge in [-0.3, -0.25) is 0 Å². The van der Waals surface area contributed by atoms with E-state index in [0.717, 1.165) is 29.8 Å². The summed E-state index contributed by atoms with van der Waals surface area (Å²) in [5, 5.41) is 6.38. The molecule has 1 heterocycles. The molecule has 2 aromatic carbocycles. The minimum absolute atomic E-state index is 0.504. The molecule has 0 atom stereocenters. The van der Waals surface area contributed by atoms with Crippen LogP contribution in [0.1, 0.15) is 24.1 Å². The Hall–Kier alpha value is -1.48. The highest BCUT2D eigenvalue weighted by atomic mass is 35.5. The lowest BCUT2D eigenvalue weighted by Crippen LogP contribution is -2.02. The van der Waals surface area contributed by atoms with Gasteiger partial charge in [0.2, 0.25) is 0 Å². The van der Waals surface area contributed by atoms with Gasteiger partial charge in [-0.05, 0) is 37.8 Å². The highest BCUT2D eigenvalue weighted by Crippen LogP contribution is 2.38. The number of rotatable bonds is 2. The maximum absolute atomic E-state index is 6.46. The number of aromatic nitrogens is 2. The summed E-state index contributed by atoms with van der Waals surface area (Å²) in [6, 6.07) is 13.7. The molecule has 0 amide bonds. The van der Waals surface area contributed by atoms with Gasteiger partial charge in [0.25, 0.3) is 0 Å². The van der Waals surface area contributed by atoms with Crippen molar-refractivity contribution in [2.75, 3.05) is 0 Å². The fraction of sp³-hybridized carbons (Fsp3) is 0.211. The van der Waals surface area contributed by atoms with Gasteiger partial charge in [0, 0.05) is 16.1 Å². The van der Waals surface area contributed by atoms with Crippen LogP contribution in [0.3, 0.4) is 0 Å². The van der Waals surface area contributed by atoms with E-state index in [4.69, 9.17) is 39.9 Å². The molecule has 0 bridgehead atoms. The van der Waals surface area contributed by atoms with Crippen LogP contribution >= 0.6 is 34.8 Å². The third kappa shape index (κ3) is 2.73. The first-order valence-electron chi connectivity index (χ1n) is 7.96. The monoisotopic (exact) mass is 376 g/mol. The number of hydrogen-bond acceptors (Lipinski definition) is 1. The minimum atomic E-state index is 0.504. The third-order valence-electron chi connectivity index (χ3n) is 4.40. The average molecular weight is 378 g/mol. The van der Waals surface area contributed by atoms with Crippen molar-refractivity contribution in [2.24, 2.45) is 0 Å². The number of aryl methyl sites for hydroxylation is 1. The molecule has 0 saturated carbocycles. The molecular weight excluding hydrogens is 363 g/mol. The van der Waals surface area contributed by atoms with Gasteiger partial charge in [-0.25, -0.2) is 4.68 Å². The summed E-state index contributed by atoms with van der Waals surface area (Å²) < 4.78 is 1.90. The van der Waals surface area contributed by atoms with Crippen LogP contribution in [0.5, 0.6) is 0 Å². The maximum Gasteiger partial charge on any atom is 0.103 e. The summed E-state index contributed by atoms with van der Waals surface area (Å²) in [7, 11) is 0. The zero-order valence-corrected chi connectivity index (χ0v) is 15.2. The topological polar surface area (TPSA) is 17.8 Å². The van der Waals surface area contributed by atoms with Crippen LogP contribution in [0.2, 0.25) is 15.1 Å². The van der Waals surface area contributed by atoms with Crippen molar-refractivity contribution in [1.82, 2.24) is 9.78 Å². The molecule has 1 aromatic heterocycles. The molecule has 2 nitrogen and oxygen atoms in total. The van der Waals surface area contributed by atoms with E-state index in [0.29, 0.717) is 20.8 Å². The summed E-state index contributed by atoms with van der Waals surface area (Å²) in [6.07, 6.45) is 4.37. The van der Waals surface area contributed by atoms with Gasteiger partial charge in [0.15, 0.2) is 0 Å². The quantitative estimate of drug-likeness (QED) is 0.507. The minimum Gasteiger partial charge on any atom is -0.229 e. The molecule has 4 rings (SSSR count). The number of benzene rings is 2. The van der Waals surface area contributed by atoms with E-state index in [9.17, 15) is 0 Å². The summed E-state index contributed by atoms with van der Waals surface area (Å²) in [5.41, 5.74) is 5.33. The second kappa shape index (κ2) is 6.44. The molecule has 24 heavy (non-hydrogen) atoms. The van der Waals surface area contributed by atoms with E-state index in [1.54, 1.807) is 12.1 Å². The van der Waals surface area contributed by atoms with Crippen LogP contribution in [0.15, 0.2) is 42.5 Å². The number of nitrogens with zero attached hydrogens (tertiary/aromatic N) is 2. The molecule has 0 spiro atoms. The van der Waals surface area contributed by atoms with Crippen LogP contribution in [0.4, 0.5) is 0 Å². The fourth-order valence-electron chi connectivity index (χ4n) is 3.34. The van der Waals surface area contributed by atoms with Gasteiger partial charge in [-0.1, -0.05) is 65.1 Å². The Bertz CT molecular complexity index is 877. The Balaban J connectivity index is 2.02. The molecule has 5 heteroatoms. The molecule has 0 N–H and O–H groups in total. The summed E-state index contributed by atoms with van der Waals surface area (Å²) in [4.78, 5) is 0. The first-order valence-corrected chi connectivity index (χ1v) is 9.09. The van der Waals surface area contributed by atoms with E-state index in [1.165, 1.54) is 18.4 Å². The Morgan fingerprint density at radius 3 is 2.25 bits per heavy atom. The Morgan fingerprint density at radius 2 is 1.54 bits per heavy atom. The number of halogens is 3. The van der Waals surface area contributed by atoms with Gasteiger partial charge in [-0.2, -0.15) is 5.10 Å². The van der Waals surface area contributed by atoms with Crippen molar-refractivity contribution in [2.45, 2.75) is 25.7 Å². The van der Waals surface area contributed by atoms with Gasteiger partial charge in [-0.15, -0.1) is 0 Å². The largest absolute Gasteiger partial charge is 0.229 e. The van der Waals surface area contributed by atoms with Crippen molar-refractivity contribution in [1.29, 1.82) is 0 Å². The van der Waals surface area contributed by atoms with Crippen LogP contribution < -0.4 is 0 Å². The fourth-order valence-corrected chi connectivity index (χ4v) is 4.32. The normalized spacial score (nSPS) is 13.8. The lowest BCUT2D eigenvalue weighted by Gasteiger charge is -2.14. The second-order valence-corrected chi connectivity index (χ2v) is 7.23. The summed E-state index contributed by atoms with van der Waals surface area (Å²) in [6.45, 7) is 0. The Kier molecular flexibility index (Phi) is 4.29. The van der Waals surface area contributed by atoms with Crippen LogP contribution in [-0.4, -0.2) is 9.78 Å². The molecule has 122 valence electrons. The molecular formula is C19H15Cl3N2. The van der Waals surface area contributed by atoms with Crippen molar-refractivity contribution in [3.05, 3.63) is 68.8 Å². The molecule has 0 radical (unpaired) electrons. The Morgan fingerprint density at radius 1 is 0.875 bits per heavy atom. The molecule has 1 aliphatic carbocycles.